The van der Waals surface area contributed by atoms with Gasteiger partial charge in [-0.1, -0.05) is 41.7 Å². The number of hydrogen-bond donors (Lipinski definition) is 1. The third kappa shape index (κ3) is 3.20. The number of aryl methyl sites for hydroxylation is 1. The van der Waals surface area contributed by atoms with Crippen molar-refractivity contribution in [2.24, 2.45) is 0 Å². The zero-order chi connectivity index (χ0) is 15.4. The summed E-state index contributed by atoms with van der Waals surface area (Å²) in [6.45, 7) is 2.36. The number of hydrogen-bond acceptors (Lipinski definition) is 6. The fraction of sp³-hybridized carbons (Fsp3) is 0.200. The Balaban J connectivity index is 1.65. The van der Waals surface area contributed by atoms with Gasteiger partial charge < -0.3 is 5.32 Å². The van der Waals surface area contributed by atoms with Crippen molar-refractivity contribution in [1.82, 2.24) is 19.9 Å². The molecule has 5 nitrogen and oxygen atoms in total. The molecular weight excluding hydrogens is 316 g/mol. The zero-order valence-electron chi connectivity index (χ0n) is 11.9. The molecule has 22 heavy (non-hydrogen) atoms. The molecule has 1 amide bonds. The van der Waals surface area contributed by atoms with E-state index in [1.807, 2.05) is 42.6 Å². The van der Waals surface area contributed by atoms with Crippen LogP contribution in [0.1, 0.15) is 28.0 Å². The summed E-state index contributed by atoms with van der Waals surface area (Å²) in [5.74, 6) is -0.138. The van der Waals surface area contributed by atoms with E-state index in [1.165, 1.54) is 0 Å². The average Bonchev–Trinajstić information content (AvgIpc) is 3.22. The minimum Gasteiger partial charge on any atom is -0.346 e. The van der Waals surface area contributed by atoms with E-state index in [9.17, 15) is 4.79 Å². The highest BCUT2D eigenvalue weighted by Crippen LogP contribution is 2.23. The van der Waals surface area contributed by atoms with Crippen LogP contribution in [-0.2, 0) is 13.0 Å². The molecule has 0 unspecified atom stereocenters. The summed E-state index contributed by atoms with van der Waals surface area (Å²) in [4.78, 5) is 17.3. The van der Waals surface area contributed by atoms with E-state index >= 15 is 0 Å². The van der Waals surface area contributed by atoms with Gasteiger partial charge in [0.25, 0.3) is 5.91 Å². The van der Waals surface area contributed by atoms with Crippen LogP contribution in [0, 0.1) is 0 Å². The summed E-state index contributed by atoms with van der Waals surface area (Å²) in [7, 11) is 0. The minimum absolute atomic E-state index is 0.138. The van der Waals surface area contributed by atoms with Crippen molar-refractivity contribution in [2.75, 3.05) is 0 Å². The smallest absolute Gasteiger partial charge is 0.265 e. The van der Waals surface area contributed by atoms with Crippen LogP contribution < -0.4 is 5.32 Å². The van der Waals surface area contributed by atoms with E-state index in [4.69, 9.17) is 0 Å². The number of benzene rings is 1. The standard InChI is InChI=1S/C15H14N4OS2/c1-2-12-13(22-19-18-12)14(20)16-8-11-9-21-15(17-11)10-6-4-3-5-7-10/h3-7,9H,2,8H2,1H3,(H,16,20). The number of rotatable bonds is 5. The number of thiazole rings is 1. The Morgan fingerprint density at radius 1 is 1.27 bits per heavy atom. The Bertz CT molecular complexity index is 767. The largest absolute Gasteiger partial charge is 0.346 e. The number of nitrogens with zero attached hydrogens (tertiary/aromatic N) is 3. The van der Waals surface area contributed by atoms with Crippen LogP contribution in [0.15, 0.2) is 35.7 Å². The van der Waals surface area contributed by atoms with E-state index in [0.29, 0.717) is 17.8 Å². The summed E-state index contributed by atoms with van der Waals surface area (Å²) in [6, 6.07) is 10.0. The predicted octanol–water partition coefficient (Wildman–Crippen LogP) is 3.15. The SMILES string of the molecule is CCc1nnsc1C(=O)NCc1csc(-c2ccccc2)n1. The van der Waals surface area contributed by atoms with Crippen LogP contribution in [0.3, 0.4) is 0 Å². The van der Waals surface area contributed by atoms with Crippen LogP contribution >= 0.6 is 22.9 Å². The molecule has 0 fully saturated rings. The molecule has 3 aromatic rings. The van der Waals surface area contributed by atoms with E-state index in [0.717, 1.165) is 33.5 Å². The van der Waals surface area contributed by atoms with Gasteiger partial charge in [-0.3, -0.25) is 4.79 Å². The number of aromatic nitrogens is 3. The summed E-state index contributed by atoms with van der Waals surface area (Å²) in [5, 5.41) is 9.75. The van der Waals surface area contributed by atoms with Crippen LogP contribution in [-0.4, -0.2) is 20.5 Å². The summed E-state index contributed by atoms with van der Waals surface area (Å²) in [6.07, 6.45) is 0.702. The van der Waals surface area contributed by atoms with Crippen molar-refractivity contribution < 1.29 is 4.79 Å². The number of nitrogens with one attached hydrogen (secondary N) is 1. The molecule has 0 aliphatic carbocycles. The lowest BCUT2D eigenvalue weighted by atomic mass is 10.2. The van der Waals surface area contributed by atoms with Crippen LogP contribution in [0.25, 0.3) is 10.6 Å². The quantitative estimate of drug-likeness (QED) is 0.780. The molecule has 0 spiro atoms. The second kappa shape index (κ2) is 6.76. The predicted molar refractivity (Wildman–Crippen MR) is 88.0 cm³/mol. The lowest BCUT2D eigenvalue weighted by molar-refractivity contribution is 0.0953. The molecule has 0 saturated heterocycles. The zero-order valence-corrected chi connectivity index (χ0v) is 13.6. The van der Waals surface area contributed by atoms with Crippen LogP contribution in [0.4, 0.5) is 0 Å². The second-order valence-corrected chi connectivity index (χ2v) is 6.21. The maximum absolute atomic E-state index is 12.1. The van der Waals surface area contributed by atoms with E-state index in [1.54, 1.807) is 11.3 Å². The van der Waals surface area contributed by atoms with Crippen molar-refractivity contribution in [2.45, 2.75) is 19.9 Å². The van der Waals surface area contributed by atoms with Gasteiger partial charge in [0.05, 0.1) is 17.9 Å². The molecule has 0 saturated carbocycles. The van der Waals surface area contributed by atoms with Gasteiger partial charge in [-0.15, -0.1) is 16.4 Å². The molecular formula is C15H14N4OS2. The molecule has 1 N–H and O–H groups in total. The Morgan fingerprint density at radius 3 is 2.86 bits per heavy atom. The van der Waals surface area contributed by atoms with E-state index in [-0.39, 0.29) is 5.91 Å². The van der Waals surface area contributed by atoms with Gasteiger partial charge in [0.2, 0.25) is 0 Å². The lowest BCUT2D eigenvalue weighted by Crippen LogP contribution is -2.23. The Labute approximate surface area is 136 Å². The molecule has 112 valence electrons. The lowest BCUT2D eigenvalue weighted by Gasteiger charge is -2.01. The molecule has 2 heterocycles. The molecule has 0 bridgehead atoms. The summed E-state index contributed by atoms with van der Waals surface area (Å²) < 4.78 is 3.83. The first-order valence-electron chi connectivity index (χ1n) is 6.87. The molecule has 1 aromatic carbocycles. The molecule has 0 aliphatic rings. The van der Waals surface area contributed by atoms with Crippen molar-refractivity contribution in [3.8, 4) is 10.6 Å². The highest BCUT2D eigenvalue weighted by Gasteiger charge is 2.15. The summed E-state index contributed by atoms with van der Waals surface area (Å²) >= 11 is 2.70. The summed E-state index contributed by atoms with van der Waals surface area (Å²) in [5.41, 5.74) is 2.68. The Morgan fingerprint density at radius 2 is 2.09 bits per heavy atom. The monoisotopic (exact) mass is 330 g/mol. The van der Waals surface area contributed by atoms with Gasteiger partial charge >= 0.3 is 0 Å². The second-order valence-electron chi connectivity index (χ2n) is 4.60. The molecule has 0 atom stereocenters. The number of carbonyl (C=O) groups excluding carboxylic acids is 1. The molecule has 0 aliphatic heterocycles. The molecule has 3 rings (SSSR count). The molecule has 7 heteroatoms. The van der Waals surface area contributed by atoms with Crippen molar-refractivity contribution in [3.05, 3.63) is 52.0 Å². The van der Waals surface area contributed by atoms with Gasteiger partial charge in [0.1, 0.15) is 9.88 Å². The highest BCUT2D eigenvalue weighted by atomic mass is 32.1. The van der Waals surface area contributed by atoms with E-state index < -0.39 is 0 Å². The van der Waals surface area contributed by atoms with Crippen molar-refractivity contribution in [3.63, 3.8) is 0 Å². The first kappa shape index (κ1) is 14.8. The fourth-order valence-electron chi connectivity index (χ4n) is 1.96. The van der Waals surface area contributed by atoms with Gasteiger partial charge in [0, 0.05) is 10.9 Å². The number of amides is 1. The maximum atomic E-state index is 12.1. The maximum Gasteiger partial charge on any atom is 0.265 e. The molecule has 2 aromatic heterocycles. The van der Waals surface area contributed by atoms with E-state index in [2.05, 4.69) is 19.9 Å². The average molecular weight is 330 g/mol. The first-order chi connectivity index (χ1) is 10.8. The minimum atomic E-state index is -0.138. The first-order valence-corrected chi connectivity index (χ1v) is 8.52. The Hall–Kier alpha value is -2.12. The van der Waals surface area contributed by atoms with Gasteiger partial charge in [-0.05, 0) is 18.0 Å². The Kier molecular flexibility index (Phi) is 4.55. The van der Waals surface area contributed by atoms with Crippen molar-refractivity contribution >= 4 is 28.8 Å². The van der Waals surface area contributed by atoms with Gasteiger partial charge in [-0.25, -0.2) is 4.98 Å². The molecule has 0 radical (unpaired) electrons. The normalized spacial score (nSPS) is 10.6. The topological polar surface area (TPSA) is 67.8 Å². The fourth-order valence-corrected chi connectivity index (χ4v) is 3.46. The van der Waals surface area contributed by atoms with Crippen LogP contribution in [0.5, 0.6) is 0 Å². The third-order valence-electron chi connectivity index (χ3n) is 3.10. The third-order valence-corrected chi connectivity index (χ3v) is 4.81. The number of carbonyl (C=O) groups is 1. The van der Waals surface area contributed by atoms with Crippen LogP contribution in [0.2, 0.25) is 0 Å². The highest BCUT2D eigenvalue weighted by molar-refractivity contribution is 7.13. The van der Waals surface area contributed by atoms with Gasteiger partial charge in [0.15, 0.2) is 0 Å². The van der Waals surface area contributed by atoms with Gasteiger partial charge in [-0.2, -0.15) is 0 Å². The van der Waals surface area contributed by atoms with Crippen molar-refractivity contribution in [1.29, 1.82) is 0 Å².